The van der Waals surface area contributed by atoms with E-state index in [1.54, 1.807) is 0 Å². The minimum atomic E-state index is -0.444. The molecule has 0 heterocycles. The first-order valence-electron chi connectivity index (χ1n) is 4.01. The van der Waals surface area contributed by atoms with Crippen molar-refractivity contribution in [3.8, 4) is 0 Å². The zero-order valence-electron chi connectivity index (χ0n) is 7.22. The minimum absolute atomic E-state index is 0.134. The number of hydrogen-bond donors (Lipinski definition) is 0. The van der Waals surface area contributed by atoms with Crippen LogP contribution in [0, 0.1) is 5.92 Å². The molecule has 0 aromatic rings. The number of halogens is 1. The zero-order valence-corrected chi connectivity index (χ0v) is 7.22. The van der Waals surface area contributed by atoms with E-state index in [0.29, 0.717) is 5.92 Å². The van der Waals surface area contributed by atoms with Gasteiger partial charge in [-0.3, -0.25) is 0 Å². The molecule has 1 atom stereocenters. The van der Waals surface area contributed by atoms with Gasteiger partial charge < -0.3 is 4.74 Å². The Morgan fingerprint density at radius 2 is 2.33 bits per heavy atom. The van der Waals surface area contributed by atoms with Gasteiger partial charge in [0.2, 0.25) is 0 Å². The molecule has 0 aromatic carbocycles. The molecular weight excluding hydrogens is 155 g/mol. The van der Waals surface area contributed by atoms with E-state index in [9.17, 15) is 4.39 Å². The number of rotatable bonds is 3. The number of hydrogen-bond acceptors (Lipinski definition) is 1. The lowest BCUT2D eigenvalue weighted by atomic mass is 9.97. The summed E-state index contributed by atoms with van der Waals surface area (Å²) in [6, 6.07) is 0. The molecule has 0 saturated carbocycles. The first-order chi connectivity index (χ1) is 5.74. The van der Waals surface area contributed by atoms with E-state index in [0.717, 1.165) is 11.3 Å². The number of ether oxygens (including phenoxy) is 1. The molecule has 1 rings (SSSR count). The fraction of sp³-hybridized carbons (Fsp3) is 0.400. The summed E-state index contributed by atoms with van der Waals surface area (Å²) in [5.74, 6) is 1.04. The molecule has 0 aliphatic heterocycles. The van der Waals surface area contributed by atoms with E-state index in [-0.39, 0.29) is 6.61 Å². The molecule has 66 valence electrons. The maximum atomic E-state index is 11.7. The fourth-order valence-electron chi connectivity index (χ4n) is 1.00. The Labute approximate surface area is 72.2 Å². The van der Waals surface area contributed by atoms with Crippen molar-refractivity contribution in [3.05, 3.63) is 36.1 Å². The molecule has 1 aliphatic carbocycles. The average Bonchev–Trinajstić information content (AvgIpc) is 2.07. The predicted molar refractivity (Wildman–Crippen MR) is 47.5 cm³/mol. The second-order valence-electron chi connectivity index (χ2n) is 2.80. The van der Waals surface area contributed by atoms with E-state index in [2.05, 4.69) is 6.58 Å². The third kappa shape index (κ3) is 2.22. The van der Waals surface area contributed by atoms with Gasteiger partial charge in [-0.05, 0) is 17.7 Å². The van der Waals surface area contributed by atoms with Crippen molar-refractivity contribution in [3.63, 3.8) is 0 Å². The van der Waals surface area contributed by atoms with Gasteiger partial charge in [0.15, 0.2) is 0 Å². The van der Waals surface area contributed by atoms with Crippen molar-refractivity contribution < 1.29 is 9.13 Å². The van der Waals surface area contributed by atoms with Crippen molar-refractivity contribution in [1.82, 2.24) is 0 Å². The summed E-state index contributed by atoms with van der Waals surface area (Å²) in [4.78, 5) is 0. The van der Waals surface area contributed by atoms with E-state index >= 15 is 0 Å². The van der Waals surface area contributed by atoms with E-state index in [4.69, 9.17) is 4.74 Å². The topological polar surface area (TPSA) is 9.23 Å². The van der Waals surface area contributed by atoms with Crippen molar-refractivity contribution in [1.29, 1.82) is 0 Å². The normalized spacial score (nSPS) is 22.3. The van der Waals surface area contributed by atoms with Gasteiger partial charge in [0.25, 0.3) is 0 Å². The molecule has 0 bridgehead atoms. The SMILES string of the molecule is C=C1C=CC(OCCF)=CC1C. The van der Waals surface area contributed by atoms with Gasteiger partial charge in [-0.1, -0.05) is 19.6 Å². The summed E-state index contributed by atoms with van der Waals surface area (Å²) < 4.78 is 16.8. The average molecular weight is 168 g/mol. The first kappa shape index (κ1) is 9.04. The van der Waals surface area contributed by atoms with Gasteiger partial charge >= 0.3 is 0 Å². The first-order valence-corrected chi connectivity index (χ1v) is 4.01. The third-order valence-corrected chi connectivity index (χ3v) is 1.81. The monoisotopic (exact) mass is 168 g/mol. The van der Waals surface area contributed by atoms with Crippen LogP contribution in [0.15, 0.2) is 36.1 Å². The second-order valence-corrected chi connectivity index (χ2v) is 2.80. The lowest BCUT2D eigenvalue weighted by molar-refractivity contribution is 0.195. The highest BCUT2D eigenvalue weighted by Crippen LogP contribution is 2.20. The van der Waals surface area contributed by atoms with Crippen LogP contribution in [0.1, 0.15) is 6.92 Å². The van der Waals surface area contributed by atoms with Crippen LogP contribution in [0.3, 0.4) is 0 Å². The van der Waals surface area contributed by atoms with Gasteiger partial charge in [-0.15, -0.1) is 0 Å². The van der Waals surface area contributed by atoms with E-state index < -0.39 is 6.67 Å². The van der Waals surface area contributed by atoms with Gasteiger partial charge in [0, 0.05) is 5.92 Å². The number of alkyl halides is 1. The molecule has 0 fully saturated rings. The molecule has 1 unspecified atom stereocenters. The van der Waals surface area contributed by atoms with Gasteiger partial charge in [-0.2, -0.15) is 0 Å². The Morgan fingerprint density at radius 1 is 1.58 bits per heavy atom. The van der Waals surface area contributed by atoms with Crippen molar-refractivity contribution in [2.24, 2.45) is 5.92 Å². The molecule has 0 aromatic heterocycles. The summed E-state index contributed by atoms with van der Waals surface area (Å²) >= 11 is 0. The lowest BCUT2D eigenvalue weighted by Crippen LogP contribution is -2.02. The zero-order chi connectivity index (χ0) is 8.97. The minimum Gasteiger partial charge on any atom is -0.491 e. The van der Waals surface area contributed by atoms with Crippen LogP contribution in [-0.4, -0.2) is 13.3 Å². The van der Waals surface area contributed by atoms with Crippen LogP contribution in [0.4, 0.5) is 4.39 Å². The smallest absolute Gasteiger partial charge is 0.123 e. The summed E-state index contributed by atoms with van der Waals surface area (Å²) in [5, 5.41) is 0. The van der Waals surface area contributed by atoms with Crippen LogP contribution in [-0.2, 0) is 4.74 Å². The second kappa shape index (κ2) is 4.10. The summed E-state index contributed by atoms with van der Waals surface area (Å²) in [6.07, 6.45) is 5.66. The maximum Gasteiger partial charge on any atom is 0.123 e. The van der Waals surface area contributed by atoms with Crippen molar-refractivity contribution in [2.45, 2.75) is 6.92 Å². The molecule has 0 amide bonds. The Morgan fingerprint density at radius 3 is 2.92 bits per heavy atom. The Bertz CT molecular complexity index is 228. The van der Waals surface area contributed by atoms with Gasteiger partial charge in [0.05, 0.1) is 0 Å². The molecule has 0 spiro atoms. The molecule has 1 aliphatic rings. The lowest BCUT2D eigenvalue weighted by Gasteiger charge is -2.14. The summed E-state index contributed by atoms with van der Waals surface area (Å²) in [6.45, 7) is 5.57. The molecular formula is C10H13FO. The highest BCUT2D eigenvalue weighted by Gasteiger charge is 2.07. The van der Waals surface area contributed by atoms with Crippen LogP contribution < -0.4 is 0 Å². The van der Waals surface area contributed by atoms with Crippen molar-refractivity contribution >= 4 is 0 Å². The van der Waals surface area contributed by atoms with Crippen LogP contribution in [0.2, 0.25) is 0 Å². The van der Waals surface area contributed by atoms with Gasteiger partial charge in [-0.25, -0.2) is 4.39 Å². The molecule has 0 saturated heterocycles. The molecule has 1 nitrogen and oxygen atoms in total. The maximum absolute atomic E-state index is 11.7. The Balaban J connectivity index is 2.51. The van der Waals surface area contributed by atoms with Gasteiger partial charge in [0.1, 0.15) is 19.0 Å². The summed E-state index contributed by atoms with van der Waals surface area (Å²) in [7, 11) is 0. The number of allylic oxidation sites excluding steroid dienone is 4. The largest absolute Gasteiger partial charge is 0.491 e. The highest BCUT2D eigenvalue weighted by molar-refractivity contribution is 5.33. The summed E-state index contributed by atoms with van der Waals surface area (Å²) in [5.41, 5.74) is 1.06. The standard InChI is InChI=1S/C10H13FO/c1-8-3-4-10(7-9(8)2)12-6-5-11/h3-4,7,9H,1,5-6H2,2H3. The van der Waals surface area contributed by atoms with Crippen LogP contribution >= 0.6 is 0 Å². The van der Waals surface area contributed by atoms with Crippen LogP contribution in [0.5, 0.6) is 0 Å². The molecule has 12 heavy (non-hydrogen) atoms. The fourth-order valence-corrected chi connectivity index (χ4v) is 1.00. The molecule has 0 N–H and O–H groups in total. The Kier molecular flexibility index (Phi) is 3.09. The predicted octanol–water partition coefficient (Wildman–Crippen LogP) is 2.62. The third-order valence-electron chi connectivity index (χ3n) is 1.81. The van der Waals surface area contributed by atoms with E-state index in [1.165, 1.54) is 0 Å². The van der Waals surface area contributed by atoms with Crippen LogP contribution in [0.25, 0.3) is 0 Å². The molecule has 0 radical (unpaired) electrons. The molecule has 2 heteroatoms. The quantitative estimate of drug-likeness (QED) is 0.629. The Hall–Kier alpha value is -1.05. The van der Waals surface area contributed by atoms with E-state index in [1.807, 2.05) is 25.2 Å². The highest BCUT2D eigenvalue weighted by atomic mass is 19.1. The van der Waals surface area contributed by atoms with Crippen molar-refractivity contribution in [2.75, 3.05) is 13.3 Å².